The van der Waals surface area contributed by atoms with Crippen LogP contribution in [0.2, 0.25) is 0 Å². The molecule has 0 saturated carbocycles. The second kappa shape index (κ2) is 8.91. The molecule has 4 heteroatoms. The number of para-hydroxylation sites is 1. The maximum Gasteiger partial charge on any atom is 0.336 e. The molecule has 0 aliphatic heterocycles. The first-order valence-electron chi connectivity index (χ1n) is 8.93. The summed E-state index contributed by atoms with van der Waals surface area (Å²) >= 11 is 0. The predicted octanol–water partition coefficient (Wildman–Crippen LogP) is 5.21. The van der Waals surface area contributed by atoms with Gasteiger partial charge >= 0.3 is 5.97 Å². The molecule has 0 atom stereocenters. The maximum atomic E-state index is 11.8. The Morgan fingerprint density at radius 1 is 0.964 bits per heavy atom. The third-order valence-electron chi connectivity index (χ3n) is 4.37. The highest BCUT2D eigenvalue weighted by Crippen LogP contribution is 2.27. The quantitative estimate of drug-likeness (QED) is 0.456. The van der Waals surface area contributed by atoms with Crippen molar-refractivity contribution in [1.29, 1.82) is 0 Å². The number of carboxylic acid groups (broad SMARTS) is 1. The van der Waals surface area contributed by atoms with Crippen LogP contribution in [0.5, 0.6) is 11.5 Å². The van der Waals surface area contributed by atoms with Gasteiger partial charge in [-0.05, 0) is 42.3 Å². The number of carboxylic acids is 1. The molecule has 0 aliphatic rings. The molecule has 28 heavy (non-hydrogen) atoms. The largest absolute Gasteiger partial charge is 0.497 e. The molecule has 0 fully saturated rings. The molecule has 0 aliphatic carbocycles. The van der Waals surface area contributed by atoms with E-state index in [-0.39, 0.29) is 5.57 Å². The molecule has 0 aromatic heterocycles. The first-order chi connectivity index (χ1) is 13.6. The smallest absolute Gasteiger partial charge is 0.336 e. The van der Waals surface area contributed by atoms with Gasteiger partial charge in [-0.25, -0.2) is 4.79 Å². The van der Waals surface area contributed by atoms with Gasteiger partial charge in [-0.15, -0.1) is 0 Å². The van der Waals surface area contributed by atoms with Crippen molar-refractivity contribution >= 4 is 17.6 Å². The van der Waals surface area contributed by atoms with Crippen LogP contribution in [0.25, 0.3) is 11.6 Å². The Bertz CT molecular complexity index is 970. The van der Waals surface area contributed by atoms with E-state index >= 15 is 0 Å². The third kappa shape index (κ3) is 4.80. The molecule has 0 unspecified atom stereocenters. The van der Waals surface area contributed by atoms with Crippen LogP contribution in [0, 0.1) is 6.92 Å². The van der Waals surface area contributed by atoms with Crippen molar-refractivity contribution < 1.29 is 19.4 Å². The van der Waals surface area contributed by atoms with Crippen molar-refractivity contribution in [1.82, 2.24) is 0 Å². The molecule has 0 bridgehead atoms. The normalized spacial score (nSPS) is 11.1. The van der Waals surface area contributed by atoms with Crippen molar-refractivity contribution in [2.45, 2.75) is 13.5 Å². The van der Waals surface area contributed by atoms with Crippen LogP contribution in [0.4, 0.5) is 0 Å². The van der Waals surface area contributed by atoms with Crippen LogP contribution in [-0.2, 0) is 11.4 Å². The highest BCUT2D eigenvalue weighted by molar-refractivity contribution is 6.20. The minimum Gasteiger partial charge on any atom is -0.497 e. The Balaban J connectivity index is 1.88. The van der Waals surface area contributed by atoms with Crippen molar-refractivity contribution in [3.8, 4) is 11.5 Å². The molecule has 3 aromatic rings. The van der Waals surface area contributed by atoms with Crippen molar-refractivity contribution in [3.05, 3.63) is 95.1 Å². The number of carbonyl (C=O) groups is 1. The molecule has 4 nitrogen and oxygen atoms in total. The highest BCUT2D eigenvalue weighted by atomic mass is 16.5. The lowest BCUT2D eigenvalue weighted by Crippen LogP contribution is -2.01. The van der Waals surface area contributed by atoms with Crippen LogP contribution in [0.1, 0.15) is 22.3 Å². The van der Waals surface area contributed by atoms with E-state index < -0.39 is 5.97 Å². The Morgan fingerprint density at radius 2 is 1.64 bits per heavy atom. The summed E-state index contributed by atoms with van der Waals surface area (Å²) in [5, 5.41) is 9.70. The summed E-state index contributed by atoms with van der Waals surface area (Å²) in [4.78, 5) is 11.8. The number of ether oxygens (including phenoxy) is 2. The fourth-order valence-electron chi connectivity index (χ4n) is 2.77. The van der Waals surface area contributed by atoms with Gasteiger partial charge in [-0.2, -0.15) is 0 Å². The van der Waals surface area contributed by atoms with Crippen molar-refractivity contribution in [2.75, 3.05) is 7.11 Å². The maximum absolute atomic E-state index is 11.8. The number of aryl methyl sites for hydroxylation is 1. The van der Waals surface area contributed by atoms with Crippen molar-refractivity contribution in [2.24, 2.45) is 0 Å². The fraction of sp³-hybridized carbons (Fsp3) is 0.125. The van der Waals surface area contributed by atoms with Crippen LogP contribution in [0.15, 0.2) is 72.8 Å². The van der Waals surface area contributed by atoms with E-state index in [0.29, 0.717) is 29.2 Å². The number of rotatable bonds is 7. The number of hydrogen-bond acceptors (Lipinski definition) is 3. The Hall–Kier alpha value is -3.53. The van der Waals surface area contributed by atoms with Crippen molar-refractivity contribution in [3.63, 3.8) is 0 Å². The molecule has 0 amide bonds. The zero-order valence-electron chi connectivity index (χ0n) is 15.9. The van der Waals surface area contributed by atoms with E-state index in [4.69, 9.17) is 9.47 Å². The zero-order chi connectivity index (χ0) is 19.9. The molecule has 3 aromatic carbocycles. The van der Waals surface area contributed by atoms with Gasteiger partial charge in [-0.3, -0.25) is 0 Å². The van der Waals surface area contributed by atoms with Gasteiger partial charge in [0.2, 0.25) is 0 Å². The van der Waals surface area contributed by atoms with E-state index in [1.807, 2.05) is 55.5 Å². The number of methoxy groups -OCH3 is 1. The van der Waals surface area contributed by atoms with Crippen LogP contribution in [-0.4, -0.2) is 18.2 Å². The van der Waals surface area contributed by atoms with E-state index in [1.54, 1.807) is 37.5 Å². The lowest BCUT2D eigenvalue weighted by molar-refractivity contribution is -0.130. The highest BCUT2D eigenvalue weighted by Gasteiger charge is 2.12. The molecule has 1 N–H and O–H groups in total. The van der Waals surface area contributed by atoms with Gasteiger partial charge in [-0.1, -0.05) is 60.2 Å². The van der Waals surface area contributed by atoms with Gasteiger partial charge < -0.3 is 14.6 Å². The van der Waals surface area contributed by atoms with Gasteiger partial charge in [0.1, 0.15) is 18.1 Å². The minimum absolute atomic E-state index is 0.189. The number of hydrogen-bond donors (Lipinski definition) is 1. The standard InChI is InChI=1S/C24H22O4/c1-17-7-9-18(10-8-17)16-28-23-6-4-3-5-20(23)15-22(24(25)26)19-11-13-21(27-2)14-12-19/h3-15H,16H2,1-2H3,(H,25,26)/b22-15-. The summed E-state index contributed by atoms with van der Waals surface area (Å²) in [5.41, 5.74) is 3.74. The first kappa shape index (κ1) is 19.2. The van der Waals surface area contributed by atoms with Gasteiger partial charge in [0.15, 0.2) is 0 Å². The van der Waals surface area contributed by atoms with E-state index in [1.165, 1.54) is 5.56 Å². The topological polar surface area (TPSA) is 55.8 Å². The van der Waals surface area contributed by atoms with E-state index in [2.05, 4.69) is 0 Å². The average Bonchev–Trinajstić information content (AvgIpc) is 2.72. The van der Waals surface area contributed by atoms with Crippen LogP contribution in [0.3, 0.4) is 0 Å². The number of benzene rings is 3. The summed E-state index contributed by atoms with van der Waals surface area (Å²) in [7, 11) is 1.57. The second-order valence-corrected chi connectivity index (χ2v) is 6.40. The first-order valence-corrected chi connectivity index (χ1v) is 8.93. The molecule has 0 heterocycles. The molecular weight excluding hydrogens is 352 g/mol. The van der Waals surface area contributed by atoms with Gasteiger partial charge in [0.25, 0.3) is 0 Å². The SMILES string of the molecule is COc1ccc(/C(=C/c2ccccc2OCc2ccc(C)cc2)C(=O)O)cc1. The second-order valence-electron chi connectivity index (χ2n) is 6.40. The lowest BCUT2D eigenvalue weighted by atomic mass is 10.0. The average molecular weight is 374 g/mol. The van der Waals surface area contributed by atoms with Crippen LogP contribution < -0.4 is 9.47 Å². The Kier molecular flexibility index (Phi) is 6.12. The van der Waals surface area contributed by atoms with Gasteiger partial charge in [0.05, 0.1) is 12.7 Å². The third-order valence-corrected chi connectivity index (χ3v) is 4.37. The summed E-state index contributed by atoms with van der Waals surface area (Å²) < 4.78 is 11.1. The summed E-state index contributed by atoms with van der Waals surface area (Å²) in [5.74, 6) is 0.309. The summed E-state index contributed by atoms with van der Waals surface area (Å²) in [6.07, 6.45) is 1.63. The predicted molar refractivity (Wildman–Crippen MR) is 110 cm³/mol. The number of aliphatic carboxylic acids is 1. The molecule has 0 saturated heterocycles. The molecule has 3 rings (SSSR count). The Morgan fingerprint density at radius 3 is 2.29 bits per heavy atom. The summed E-state index contributed by atoms with van der Waals surface area (Å²) in [6, 6.07) is 22.5. The zero-order valence-corrected chi connectivity index (χ0v) is 15.9. The Labute approximate surface area is 164 Å². The summed E-state index contributed by atoms with van der Waals surface area (Å²) in [6.45, 7) is 2.45. The molecular formula is C24H22O4. The minimum atomic E-state index is -1.00. The lowest BCUT2D eigenvalue weighted by Gasteiger charge is -2.11. The van der Waals surface area contributed by atoms with E-state index in [0.717, 1.165) is 5.56 Å². The van der Waals surface area contributed by atoms with Crippen LogP contribution >= 0.6 is 0 Å². The van der Waals surface area contributed by atoms with E-state index in [9.17, 15) is 9.90 Å². The molecule has 142 valence electrons. The van der Waals surface area contributed by atoms with Gasteiger partial charge in [0, 0.05) is 5.56 Å². The monoisotopic (exact) mass is 374 g/mol. The fourth-order valence-corrected chi connectivity index (χ4v) is 2.77. The molecule has 0 radical (unpaired) electrons. The molecule has 0 spiro atoms.